The summed E-state index contributed by atoms with van der Waals surface area (Å²) in [5, 5.41) is 4.12. The molecule has 0 unspecified atom stereocenters. The summed E-state index contributed by atoms with van der Waals surface area (Å²) in [6, 6.07) is 18.9. The number of carbonyl (C=O) groups is 1. The molecule has 3 N–H and O–H groups in total. The van der Waals surface area contributed by atoms with Gasteiger partial charge in [-0.15, -0.1) is 12.4 Å². The van der Waals surface area contributed by atoms with E-state index in [1.165, 1.54) is 6.33 Å². The third kappa shape index (κ3) is 4.59. The van der Waals surface area contributed by atoms with Crippen molar-refractivity contribution in [2.45, 2.75) is 13.1 Å². The molecule has 0 spiro atoms. The number of nitrogens with two attached hydrogens (primary N) is 1. The molecule has 0 aliphatic rings. The second-order valence-electron chi connectivity index (χ2n) is 6.62. The molecule has 4 rings (SSSR count). The van der Waals surface area contributed by atoms with Crippen LogP contribution in [0.3, 0.4) is 0 Å². The van der Waals surface area contributed by atoms with Gasteiger partial charge >= 0.3 is 0 Å². The lowest BCUT2D eigenvalue weighted by Gasteiger charge is -2.09. The molecule has 0 saturated heterocycles. The summed E-state index contributed by atoms with van der Waals surface area (Å²) in [6.07, 6.45) is 1.40. The van der Waals surface area contributed by atoms with Crippen LogP contribution >= 0.6 is 12.4 Å². The largest absolute Gasteiger partial charge is 0.439 e. The number of amides is 1. The summed E-state index contributed by atoms with van der Waals surface area (Å²) in [4.78, 5) is 20.7. The molecule has 0 fully saturated rings. The molecule has 2 aromatic heterocycles. The van der Waals surface area contributed by atoms with Crippen LogP contribution in [0.25, 0.3) is 10.9 Å². The van der Waals surface area contributed by atoms with Crippen molar-refractivity contribution in [1.29, 1.82) is 0 Å². The van der Waals surface area contributed by atoms with Crippen LogP contribution in [0.15, 0.2) is 67.0 Å². The van der Waals surface area contributed by atoms with E-state index in [4.69, 9.17) is 10.5 Å². The van der Waals surface area contributed by atoms with E-state index in [0.717, 1.165) is 16.6 Å². The number of nitrogens with zero attached hydrogens (tertiary/aromatic N) is 3. The fourth-order valence-electron chi connectivity index (χ4n) is 3.15. The SMILES string of the molecule is Cl.Cn1c(CNC(=O)c2cccc(Oc3cc(CN)ncn3)c2)cc2ccccc21. The zero-order valence-electron chi connectivity index (χ0n) is 16.4. The van der Waals surface area contributed by atoms with E-state index in [9.17, 15) is 4.79 Å². The predicted molar refractivity (Wildman–Crippen MR) is 118 cm³/mol. The molecule has 154 valence electrons. The third-order valence-electron chi connectivity index (χ3n) is 4.71. The van der Waals surface area contributed by atoms with Crippen LogP contribution in [0.5, 0.6) is 11.6 Å². The zero-order chi connectivity index (χ0) is 20.2. The maximum absolute atomic E-state index is 12.6. The van der Waals surface area contributed by atoms with Crippen molar-refractivity contribution in [3.8, 4) is 11.6 Å². The predicted octanol–water partition coefficient (Wildman–Crippen LogP) is 3.57. The van der Waals surface area contributed by atoms with Gasteiger partial charge in [0.05, 0.1) is 12.2 Å². The van der Waals surface area contributed by atoms with E-state index in [2.05, 4.69) is 38.1 Å². The third-order valence-corrected chi connectivity index (χ3v) is 4.71. The van der Waals surface area contributed by atoms with Crippen LogP contribution < -0.4 is 15.8 Å². The second kappa shape index (κ2) is 9.39. The minimum atomic E-state index is -0.175. The summed E-state index contributed by atoms with van der Waals surface area (Å²) in [7, 11) is 2.00. The van der Waals surface area contributed by atoms with E-state index in [-0.39, 0.29) is 18.3 Å². The molecular weight excluding hydrogens is 402 g/mol. The Morgan fingerprint density at radius 2 is 1.93 bits per heavy atom. The number of benzene rings is 2. The van der Waals surface area contributed by atoms with E-state index in [1.807, 2.05) is 19.2 Å². The highest BCUT2D eigenvalue weighted by Crippen LogP contribution is 2.21. The van der Waals surface area contributed by atoms with Crippen molar-refractivity contribution in [3.63, 3.8) is 0 Å². The summed E-state index contributed by atoms with van der Waals surface area (Å²) in [5.74, 6) is 0.725. The standard InChI is InChI=1S/C22H21N5O2.ClH/c1-27-18(9-15-5-2-3-8-20(15)27)13-24-22(28)16-6-4-7-19(10-16)29-21-11-17(12-23)25-14-26-21;/h2-11,14H,12-13,23H2,1H3,(H,24,28);1H. The van der Waals surface area contributed by atoms with Gasteiger partial charge in [-0.2, -0.15) is 0 Å². The van der Waals surface area contributed by atoms with Gasteiger partial charge in [-0.3, -0.25) is 4.79 Å². The highest BCUT2D eigenvalue weighted by molar-refractivity contribution is 5.94. The van der Waals surface area contributed by atoms with Gasteiger partial charge in [0.25, 0.3) is 5.91 Å². The first-order valence-corrected chi connectivity index (χ1v) is 9.24. The molecule has 4 aromatic rings. The molecule has 0 aliphatic carbocycles. The minimum Gasteiger partial charge on any atom is -0.439 e. The molecule has 2 heterocycles. The maximum atomic E-state index is 12.6. The number of aryl methyl sites for hydroxylation is 1. The second-order valence-corrected chi connectivity index (χ2v) is 6.62. The first-order valence-electron chi connectivity index (χ1n) is 9.24. The first-order chi connectivity index (χ1) is 14.1. The van der Waals surface area contributed by atoms with Gasteiger partial charge in [0.1, 0.15) is 12.1 Å². The number of halogens is 1. The number of carbonyl (C=O) groups excluding carboxylic acids is 1. The molecule has 0 radical (unpaired) electrons. The van der Waals surface area contributed by atoms with E-state index >= 15 is 0 Å². The number of para-hydroxylation sites is 1. The number of hydrogen-bond donors (Lipinski definition) is 2. The van der Waals surface area contributed by atoms with Crippen LogP contribution in [-0.2, 0) is 20.1 Å². The molecule has 0 atom stereocenters. The van der Waals surface area contributed by atoms with Crippen LogP contribution in [0.2, 0.25) is 0 Å². The molecule has 0 bridgehead atoms. The minimum absolute atomic E-state index is 0. The van der Waals surface area contributed by atoms with Crippen LogP contribution in [0.1, 0.15) is 21.7 Å². The average Bonchev–Trinajstić information content (AvgIpc) is 3.08. The summed E-state index contributed by atoms with van der Waals surface area (Å²) in [5.41, 5.74) is 8.94. The molecule has 30 heavy (non-hydrogen) atoms. The monoisotopic (exact) mass is 423 g/mol. The highest BCUT2D eigenvalue weighted by Gasteiger charge is 2.10. The van der Waals surface area contributed by atoms with E-state index < -0.39 is 0 Å². The van der Waals surface area contributed by atoms with Crippen molar-refractivity contribution >= 4 is 29.2 Å². The smallest absolute Gasteiger partial charge is 0.251 e. The topological polar surface area (TPSA) is 95.1 Å². The van der Waals surface area contributed by atoms with Gasteiger partial charge in [0, 0.05) is 36.4 Å². The van der Waals surface area contributed by atoms with E-state index in [0.29, 0.717) is 36.0 Å². The number of ether oxygens (including phenoxy) is 1. The molecule has 2 aromatic carbocycles. The quantitative estimate of drug-likeness (QED) is 0.494. The zero-order valence-corrected chi connectivity index (χ0v) is 17.2. The van der Waals surface area contributed by atoms with Gasteiger partial charge in [-0.05, 0) is 35.7 Å². The number of hydrogen-bond acceptors (Lipinski definition) is 5. The van der Waals surface area contributed by atoms with Gasteiger partial charge in [0.2, 0.25) is 5.88 Å². The lowest BCUT2D eigenvalue weighted by Crippen LogP contribution is -2.23. The lowest BCUT2D eigenvalue weighted by molar-refractivity contribution is 0.0950. The summed E-state index contributed by atoms with van der Waals surface area (Å²) < 4.78 is 7.83. The Hall–Kier alpha value is -3.42. The fourth-order valence-corrected chi connectivity index (χ4v) is 3.15. The van der Waals surface area contributed by atoms with Crippen molar-refractivity contribution in [3.05, 3.63) is 83.9 Å². The van der Waals surface area contributed by atoms with Gasteiger partial charge in [0.15, 0.2) is 0 Å². The Balaban J connectivity index is 0.00000256. The summed E-state index contributed by atoms with van der Waals surface area (Å²) >= 11 is 0. The Kier molecular flexibility index (Phi) is 6.66. The first kappa shape index (κ1) is 21.3. The lowest BCUT2D eigenvalue weighted by atomic mass is 10.2. The Morgan fingerprint density at radius 1 is 1.10 bits per heavy atom. The van der Waals surface area contributed by atoms with Crippen LogP contribution in [-0.4, -0.2) is 20.4 Å². The summed E-state index contributed by atoms with van der Waals surface area (Å²) in [6.45, 7) is 0.732. The molecule has 0 saturated carbocycles. The Bertz CT molecular complexity index is 1180. The van der Waals surface area contributed by atoms with Crippen molar-refractivity contribution in [1.82, 2.24) is 19.9 Å². The molecular formula is C22H22ClN5O2. The molecule has 8 heteroatoms. The Morgan fingerprint density at radius 3 is 2.73 bits per heavy atom. The van der Waals surface area contributed by atoms with Crippen molar-refractivity contribution in [2.75, 3.05) is 0 Å². The number of aromatic nitrogens is 3. The van der Waals surface area contributed by atoms with Crippen molar-refractivity contribution in [2.24, 2.45) is 12.8 Å². The fraction of sp³-hybridized carbons (Fsp3) is 0.136. The normalized spacial score (nSPS) is 10.5. The molecule has 0 aliphatic heterocycles. The Labute approximate surface area is 180 Å². The van der Waals surface area contributed by atoms with Gasteiger partial charge in [-0.25, -0.2) is 9.97 Å². The van der Waals surface area contributed by atoms with Crippen molar-refractivity contribution < 1.29 is 9.53 Å². The van der Waals surface area contributed by atoms with Gasteiger partial charge in [-0.1, -0.05) is 24.3 Å². The van der Waals surface area contributed by atoms with Gasteiger partial charge < -0.3 is 20.4 Å². The average molecular weight is 424 g/mol. The maximum Gasteiger partial charge on any atom is 0.251 e. The number of fused-ring (bicyclic) bond motifs is 1. The van der Waals surface area contributed by atoms with Crippen LogP contribution in [0, 0.1) is 0 Å². The molecule has 1 amide bonds. The van der Waals surface area contributed by atoms with E-state index in [1.54, 1.807) is 30.3 Å². The number of rotatable bonds is 6. The highest BCUT2D eigenvalue weighted by atomic mass is 35.5. The molecule has 7 nitrogen and oxygen atoms in total. The van der Waals surface area contributed by atoms with Crippen LogP contribution in [0.4, 0.5) is 0 Å². The number of nitrogens with one attached hydrogen (secondary N) is 1.